The van der Waals surface area contributed by atoms with Crippen LogP contribution in [-0.4, -0.2) is 21.0 Å². The van der Waals surface area contributed by atoms with Gasteiger partial charge >= 0.3 is 0 Å². The van der Waals surface area contributed by atoms with Gasteiger partial charge in [0.05, 0.1) is 14.2 Å². The lowest BCUT2D eigenvalue weighted by Gasteiger charge is -2.13. The highest BCUT2D eigenvalue weighted by molar-refractivity contribution is 5.45. The Balaban J connectivity index is 1.99. The summed E-state index contributed by atoms with van der Waals surface area (Å²) in [6.45, 7) is 4.06. The molecule has 0 heterocycles. The normalized spacial score (nSPS) is 10.1. The van der Waals surface area contributed by atoms with E-state index in [1.165, 1.54) is 0 Å². The van der Waals surface area contributed by atoms with Crippen LogP contribution in [0.2, 0.25) is 0 Å². The minimum Gasteiger partial charge on any atom is -0.496 e. The quantitative estimate of drug-likeness (QED) is 0.759. The van der Waals surface area contributed by atoms with E-state index in [1.54, 1.807) is 14.2 Å². The maximum absolute atomic E-state index is 5.63. The Bertz CT molecular complexity index is 608. The number of rotatable bonds is 6. The summed E-state index contributed by atoms with van der Waals surface area (Å²) in [5.74, 6) is 2.97. The highest BCUT2D eigenvalue weighted by Gasteiger charge is 2.07. The van der Waals surface area contributed by atoms with Crippen LogP contribution >= 0.6 is 0 Å². The van der Waals surface area contributed by atoms with E-state index in [9.17, 15) is 0 Å². The van der Waals surface area contributed by atoms with Crippen molar-refractivity contribution >= 4 is 0 Å². The molecular formula is C17H20O4. The third kappa shape index (κ3) is 3.60. The summed E-state index contributed by atoms with van der Waals surface area (Å²) < 4.78 is 21.8. The molecule has 0 atom stereocenters. The average molecular weight is 288 g/mol. The van der Waals surface area contributed by atoms with Crippen molar-refractivity contribution in [2.75, 3.05) is 21.0 Å². The molecule has 0 saturated heterocycles. The molecule has 2 aromatic carbocycles. The Morgan fingerprint density at radius 2 is 1.62 bits per heavy atom. The number of aryl methyl sites for hydroxylation is 2. The summed E-state index contributed by atoms with van der Waals surface area (Å²) in [5, 5.41) is 0. The third-order valence-corrected chi connectivity index (χ3v) is 3.19. The standard InChI is InChI=1S/C17H20O4/c1-12-6-5-7-16(17(12)19-4)21-11-20-14-8-9-15(18-3)13(2)10-14/h5-10H,11H2,1-4H3. The van der Waals surface area contributed by atoms with Crippen molar-refractivity contribution in [3.63, 3.8) is 0 Å². The van der Waals surface area contributed by atoms with Gasteiger partial charge in [0.2, 0.25) is 6.79 Å². The number of benzene rings is 2. The summed E-state index contributed by atoms with van der Waals surface area (Å²) in [5.41, 5.74) is 2.04. The minimum absolute atomic E-state index is 0.117. The lowest BCUT2D eigenvalue weighted by molar-refractivity contribution is 0.116. The second kappa shape index (κ2) is 6.88. The average Bonchev–Trinajstić information content (AvgIpc) is 2.48. The number of methoxy groups -OCH3 is 2. The van der Waals surface area contributed by atoms with Gasteiger partial charge in [0.1, 0.15) is 11.5 Å². The summed E-state index contributed by atoms with van der Waals surface area (Å²) in [6.07, 6.45) is 0. The van der Waals surface area contributed by atoms with Gasteiger partial charge in [0, 0.05) is 0 Å². The van der Waals surface area contributed by atoms with Crippen molar-refractivity contribution in [3.05, 3.63) is 47.5 Å². The fourth-order valence-corrected chi connectivity index (χ4v) is 2.10. The van der Waals surface area contributed by atoms with Crippen LogP contribution in [0.5, 0.6) is 23.0 Å². The van der Waals surface area contributed by atoms with Crippen LogP contribution in [0.1, 0.15) is 11.1 Å². The minimum atomic E-state index is 0.117. The SMILES string of the molecule is COc1ccc(OCOc2cccc(C)c2OC)cc1C. The first-order chi connectivity index (χ1) is 10.2. The molecule has 4 nitrogen and oxygen atoms in total. The first-order valence-electron chi connectivity index (χ1n) is 6.69. The topological polar surface area (TPSA) is 36.9 Å². The predicted molar refractivity (Wildman–Crippen MR) is 81.6 cm³/mol. The Hall–Kier alpha value is -2.36. The van der Waals surface area contributed by atoms with E-state index in [1.807, 2.05) is 50.2 Å². The molecule has 0 aliphatic carbocycles. The van der Waals surface area contributed by atoms with Crippen molar-refractivity contribution in [2.45, 2.75) is 13.8 Å². The third-order valence-electron chi connectivity index (χ3n) is 3.19. The molecular weight excluding hydrogens is 268 g/mol. The van der Waals surface area contributed by atoms with E-state index in [4.69, 9.17) is 18.9 Å². The number of hydrogen-bond acceptors (Lipinski definition) is 4. The summed E-state index contributed by atoms with van der Waals surface area (Å²) in [7, 11) is 3.28. The van der Waals surface area contributed by atoms with Gasteiger partial charge in [-0.2, -0.15) is 0 Å². The maximum Gasteiger partial charge on any atom is 0.231 e. The molecule has 2 rings (SSSR count). The molecule has 0 bridgehead atoms. The monoisotopic (exact) mass is 288 g/mol. The largest absolute Gasteiger partial charge is 0.496 e. The maximum atomic E-state index is 5.63. The number of hydrogen-bond donors (Lipinski definition) is 0. The van der Waals surface area contributed by atoms with Gasteiger partial charge in [-0.1, -0.05) is 12.1 Å². The Kier molecular flexibility index (Phi) is 4.93. The first kappa shape index (κ1) is 15.0. The van der Waals surface area contributed by atoms with Crippen LogP contribution in [-0.2, 0) is 0 Å². The van der Waals surface area contributed by atoms with Gasteiger partial charge in [-0.3, -0.25) is 0 Å². The van der Waals surface area contributed by atoms with Gasteiger partial charge < -0.3 is 18.9 Å². The van der Waals surface area contributed by atoms with Crippen LogP contribution in [0.25, 0.3) is 0 Å². The van der Waals surface area contributed by atoms with Crippen LogP contribution in [0, 0.1) is 13.8 Å². The fraction of sp³-hybridized carbons (Fsp3) is 0.294. The molecule has 0 amide bonds. The van der Waals surface area contributed by atoms with Gasteiger partial charge in [-0.25, -0.2) is 0 Å². The molecule has 0 unspecified atom stereocenters. The second-order valence-electron chi connectivity index (χ2n) is 4.64. The molecule has 112 valence electrons. The zero-order valence-electron chi connectivity index (χ0n) is 12.8. The molecule has 0 spiro atoms. The van der Waals surface area contributed by atoms with E-state index in [-0.39, 0.29) is 6.79 Å². The first-order valence-corrected chi connectivity index (χ1v) is 6.69. The van der Waals surface area contributed by atoms with Crippen molar-refractivity contribution in [3.8, 4) is 23.0 Å². The van der Waals surface area contributed by atoms with Crippen molar-refractivity contribution in [1.29, 1.82) is 0 Å². The molecule has 0 saturated carbocycles. The Morgan fingerprint density at radius 3 is 2.29 bits per heavy atom. The van der Waals surface area contributed by atoms with E-state index in [0.717, 1.165) is 28.4 Å². The van der Waals surface area contributed by atoms with Crippen molar-refractivity contribution in [1.82, 2.24) is 0 Å². The lowest BCUT2D eigenvalue weighted by Crippen LogP contribution is -2.07. The molecule has 4 heteroatoms. The molecule has 21 heavy (non-hydrogen) atoms. The van der Waals surface area contributed by atoms with E-state index in [2.05, 4.69) is 0 Å². The van der Waals surface area contributed by atoms with Crippen LogP contribution in [0.3, 0.4) is 0 Å². The second-order valence-corrected chi connectivity index (χ2v) is 4.64. The van der Waals surface area contributed by atoms with Gasteiger partial charge in [-0.15, -0.1) is 0 Å². The van der Waals surface area contributed by atoms with Gasteiger partial charge in [-0.05, 0) is 49.2 Å². The summed E-state index contributed by atoms with van der Waals surface area (Å²) in [6, 6.07) is 11.4. The highest BCUT2D eigenvalue weighted by atomic mass is 16.7. The Morgan fingerprint density at radius 1 is 0.810 bits per heavy atom. The number of para-hydroxylation sites is 1. The zero-order valence-corrected chi connectivity index (χ0v) is 12.8. The molecule has 0 aliphatic rings. The molecule has 2 aromatic rings. The molecule has 0 radical (unpaired) electrons. The predicted octanol–water partition coefficient (Wildman–Crippen LogP) is 3.74. The smallest absolute Gasteiger partial charge is 0.231 e. The van der Waals surface area contributed by atoms with E-state index in [0.29, 0.717) is 5.75 Å². The van der Waals surface area contributed by atoms with Gasteiger partial charge in [0.25, 0.3) is 0 Å². The number of ether oxygens (including phenoxy) is 4. The summed E-state index contributed by atoms with van der Waals surface area (Å²) >= 11 is 0. The van der Waals surface area contributed by atoms with Crippen LogP contribution < -0.4 is 18.9 Å². The molecule has 0 fully saturated rings. The Labute approximate surface area is 125 Å². The van der Waals surface area contributed by atoms with Gasteiger partial charge in [0.15, 0.2) is 11.5 Å². The fourth-order valence-electron chi connectivity index (χ4n) is 2.10. The highest BCUT2D eigenvalue weighted by Crippen LogP contribution is 2.30. The summed E-state index contributed by atoms with van der Waals surface area (Å²) in [4.78, 5) is 0. The van der Waals surface area contributed by atoms with Crippen LogP contribution in [0.4, 0.5) is 0 Å². The lowest BCUT2D eigenvalue weighted by atomic mass is 10.2. The zero-order chi connectivity index (χ0) is 15.2. The van der Waals surface area contributed by atoms with Crippen molar-refractivity contribution in [2.24, 2.45) is 0 Å². The molecule has 0 aliphatic heterocycles. The van der Waals surface area contributed by atoms with Crippen LogP contribution in [0.15, 0.2) is 36.4 Å². The molecule has 0 N–H and O–H groups in total. The van der Waals surface area contributed by atoms with E-state index < -0.39 is 0 Å². The molecule has 0 aromatic heterocycles. The van der Waals surface area contributed by atoms with E-state index >= 15 is 0 Å². The van der Waals surface area contributed by atoms with Crippen molar-refractivity contribution < 1.29 is 18.9 Å².